The highest BCUT2D eigenvalue weighted by atomic mass is 32.1. The van der Waals surface area contributed by atoms with Gasteiger partial charge >= 0.3 is 0 Å². The number of anilines is 1. The van der Waals surface area contributed by atoms with E-state index in [1.54, 1.807) is 17.7 Å². The molecule has 4 nitrogen and oxygen atoms in total. The molecule has 0 radical (unpaired) electrons. The maximum Gasteiger partial charge on any atom is 0.147 e. The van der Waals surface area contributed by atoms with E-state index in [0.717, 1.165) is 21.6 Å². The molecule has 2 heterocycles. The molecule has 3 aromatic rings. The largest absolute Gasteiger partial charge is 0.365 e. The fourth-order valence-corrected chi connectivity index (χ4v) is 2.95. The van der Waals surface area contributed by atoms with Gasteiger partial charge in [0.25, 0.3) is 0 Å². The molecule has 0 aliphatic carbocycles. The summed E-state index contributed by atoms with van der Waals surface area (Å²) < 4.78 is 1.08. The van der Waals surface area contributed by atoms with E-state index in [-0.39, 0.29) is 0 Å². The van der Waals surface area contributed by atoms with Gasteiger partial charge in [-0.25, -0.2) is 9.97 Å². The van der Waals surface area contributed by atoms with Crippen molar-refractivity contribution in [3.8, 4) is 6.07 Å². The average Bonchev–Trinajstić information content (AvgIpc) is 2.88. The number of rotatable bonds is 3. The number of nitrogens with zero attached hydrogens (tertiary/aromatic N) is 3. The smallest absolute Gasteiger partial charge is 0.147 e. The molecular formula is C15H12N4S. The minimum Gasteiger partial charge on any atom is -0.365 e. The first-order chi connectivity index (χ1) is 9.78. The van der Waals surface area contributed by atoms with Crippen molar-refractivity contribution in [2.24, 2.45) is 0 Å². The molecule has 1 aromatic carbocycles. The lowest BCUT2D eigenvalue weighted by atomic mass is 10.1. The third-order valence-corrected chi connectivity index (χ3v) is 4.17. The van der Waals surface area contributed by atoms with Crippen LogP contribution in [0, 0.1) is 18.3 Å². The number of hydrogen-bond acceptors (Lipinski definition) is 5. The molecule has 0 bridgehead atoms. The molecule has 0 fully saturated rings. The Bertz CT molecular complexity index is 784. The molecular weight excluding hydrogens is 268 g/mol. The van der Waals surface area contributed by atoms with Gasteiger partial charge in [0.05, 0.1) is 21.8 Å². The van der Waals surface area contributed by atoms with E-state index >= 15 is 0 Å². The van der Waals surface area contributed by atoms with E-state index in [1.807, 2.05) is 24.3 Å². The standard InChI is InChI=1S/C15H12N4S/c1-10-8-20-14-13(10)18-9-19-15(14)17-7-12-4-2-11(6-16)3-5-12/h2-5,8-9H,7H2,1H3,(H,17,18,19). The Hall–Kier alpha value is -2.45. The maximum atomic E-state index is 8.78. The Morgan fingerprint density at radius 2 is 2.05 bits per heavy atom. The van der Waals surface area contributed by atoms with Crippen LogP contribution in [-0.4, -0.2) is 9.97 Å². The first-order valence-corrected chi connectivity index (χ1v) is 7.07. The van der Waals surface area contributed by atoms with Crippen LogP contribution >= 0.6 is 11.3 Å². The van der Waals surface area contributed by atoms with Crippen molar-refractivity contribution in [2.45, 2.75) is 13.5 Å². The third kappa shape index (κ3) is 2.33. The van der Waals surface area contributed by atoms with Crippen molar-refractivity contribution < 1.29 is 0 Å². The zero-order valence-electron chi connectivity index (χ0n) is 10.9. The van der Waals surface area contributed by atoms with Crippen LogP contribution < -0.4 is 5.32 Å². The number of benzene rings is 1. The van der Waals surface area contributed by atoms with Crippen molar-refractivity contribution in [3.05, 3.63) is 52.7 Å². The van der Waals surface area contributed by atoms with Crippen molar-refractivity contribution in [1.82, 2.24) is 9.97 Å². The minimum atomic E-state index is 0.673. The van der Waals surface area contributed by atoms with Gasteiger partial charge in [-0.1, -0.05) is 12.1 Å². The summed E-state index contributed by atoms with van der Waals surface area (Å²) in [5.74, 6) is 0.859. The van der Waals surface area contributed by atoms with Gasteiger partial charge in [0, 0.05) is 6.54 Å². The zero-order valence-corrected chi connectivity index (χ0v) is 11.7. The molecule has 0 aliphatic heterocycles. The molecule has 1 N–H and O–H groups in total. The fraction of sp³-hybridized carbons (Fsp3) is 0.133. The van der Waals surface area contributed by atoms with Crippen LogP contribution in [0.2, 0.25) is 0 Å². The maximum absolute atomic E-state index is 8.78. The van der Waals surface area contributed by atoms with Crippen LogP contribution in [0.25, 0.3) is 10.2 Å². The predicted molar refractivity (Wildman–Crippen MR) is 80.6 cm³/mol. The van der Waals surface area contributed by atoms with Crippen molar-refractivity contribution in [1.29, 1.82) is 5.26 Å². The average molecular weight is 280 g/mol. The lowest BCUT2D eigenvalue weighted by Gasteiger charge is -2.06. The Kier molecular flexibility index (Phi) is 3.32. The molecule has 0 saturated carbocycles. The van der Waals surface area contributed by atoms with E-state index in [4.69, 9.17) is 5.26 Å². The number of hydrogen-bond donors (Lipinski definition) is 1. The number of nitriles is 1. The summed E-state index contributed by atoms with van der Waals surface area (Å²) in [4.78, 5) is 8.61. The van der Waals surface area contributed by atoms with Gasteiger partial charge in [0.2, 0.25) is 0 Å². The second-order valence-corrected chi connectivity index (χ2v) is 5.36. The minimum absolute atomic E-state index is 0.673. The monoisotopic (exact) mass is 280 g/mol. The Balaban J connectivity index is 1.81. The molecule has 0 unspecified atom stereocenters. The van der Waals surface area contributed by atoms with Crippen molar-refractivity contribution in [2.75, 3.05) is 5.32 Å². The molecule has 98 valence electrons. The van der Waals surface area contributed by atoms with E-state index in [9.17, 15) is 0 Å². The van der Waals surface area contributed by atoms with Gasteiger partial charge in [-0.3, -0.25) is 0 Å². The van der Waals surface area contributed by atoms with Crippen LogP contribution in [-0.2, 0) is 6.54 Å². The second kappa shape index (κ2) is 5.27. The van der Waals surface area contributed by atoms with Crippen LogP contribution in [0.1, 0.15) is 16.7 Å². The van der Waals surface area contributed by atoms with E-state index in [2.05, 4.69) is 33.7 Å². The second-order valence-electron chi connectivity index (χ2n) is 4.48. The van der Waals surface area contributed by atoms with Crippen molar-refractivity contribution in [3.63, 3.8) is 0 Å². The number of aryl methyl sites for hydroxylation is 1. The number of nitrogens with one attached hydrogen (secondary N) is 1. The molecule has 0 aliphatic rings. The Morgan fingerprint density at radius 3 is 2.80 bits per heavy atom. The van der Waals surface area contributed by atoms with Crippen LogP contribution in [0.5, 0.6) is 0 Å². The van der Waals surface area contributed by atoms with E-state index < -0.39 is 0 Å². The molecule has 0 atom stereocenters. The summed E-state index contributed by atoms with van der Waals surface area (Å²) in [7, 11) is 0. The first kappa shape index (κ1) is 12.6. The highest BCUT2D eigenvalue weighted by molar-refractivity contribution is 7.18. The highest BCUT2D eigenvalue weighted by Gasteiger charge is 2.07. The number of aromatic nitrogens is 2. The summed E-state index contributed by atoms with van der Waals surface area (Å²) in [6, 6.07) is 9.65. The lowest BCUT2D eigenvalue weighted by molar-refractivity contribution is 1.10. The molecule has 0 saturated heterocycles. The van der Waals surface area contributed by atoms with E-state index in [0.29, 0.717) is 12.1 Å². The van der Waals surface area contributed by atoms with Gasteiger partial charge in [-0.2, -0.15) is 5.26 Å². The number of fused-ring (bicyclic) bond motifs is 1. The third-order valence-electron chi connectivity index (χ3n) is 3.07. The highest BCUT2D eigenvalue weighted by Crippen LogP contribution is 2.28. The van der Waals surface area contributed by atoms with Gasteiger partial charge in [0.15, 0.2) is 0 Å². The van der Waals surface area contributed by atoms with E-state index in [1.165, 1.54) is 5.56 Å². The molecule has 0 amide bonds. The predicted octanol–water partition coefficient (Wildman–Crippen LogP) is 3.48. The van der Waals surface area contributed by atoms with Crippen molar-refractivity contribution >= 4 is 27.4 Å². The van der Waals surface area contributed by atoms with Gasteiger partial charge < -0.3 is 5.32 Å². The Labute approximate surface area is 120 Å². The Morgan fingerprint density at radius 1 is 1.25 bits per heavy atom. The number of thiophene rings is 1. The molecule has 0 spiro atoms. The van der Waals surface area contributed by atoms with Crippen LogP contribution in [0.4, 0.5) is 5.82 Å². The van der Waals surface area contributed by atoms with Gasteiger partial charge in [-0.05, 0) is 35.6 Å². The normalized spacial score (nSPS) is 10.4. The van der Waals surface area contributed by atoms with Gasteiger partial charge in [0.1, 0.15) is 12.1 Å². The lowest BCUT2D eigenvalue weighted by Crippen LogP contribution is -2.01. The van der Waals surface area contributed by atoms with Crippen LogP contribution in [0.15, 0.2) is 36.0 Å². The molecule has 3 rings (SSSR count). The fourth-order valence-electron chi connectivity index (χ4n) is 1.98. The van der Waals surface area contributed by atoms with Gasteiger partial charge in [-0.15, -0.1) is 11.3 Å². The summed E-state index contributed by atoms with van der Waals surface area (Å²) in [6.07, 6.45) is 1.59. The topological polar surface area (TPSA) is 61.6 Å². The molecule has 2 aromatic heterocycles. The summed E-state index contributed by atoms with van der Waals surface area (Å²) in [5.41, 5.74) is 3.97. The van der Waals surface area contributed by atoms with Crippen LogP contribution in [0.3, 0.4) is 0 Å². The summed E-state index contributed by atoms with van der Waals surface area (Å²) in [6.45, 7) is 2.73. The molecule has 5 heteroatoms. The summed E-state index contributed by atoms with van der Waals surface area (Å²) in [5, 5.41) is 14.2. The summed E-state index contributed by atoms with van der Waals surface area (Å²) >= 11 is 1.65. The molecule has 20 heavy (non-hydrogen) atoms. The quantitative estimate of drug-likeness (QED) is 0.797. The SMILES string of the molecule is Cc1csc2c(NCc3ccc(C#N)cc3)ncnc12. The zero-order chi connectivity index (χ0) is 13.9. The first-order valence-electron chi connectivity index (χ1n) is 6.19.